The largest absolute Gasteiger partial charge is 0.370 e. The number of sulfonamides is 1. The lowest BCUT2D eigenvalue weighted by molar-refractivity contribution is -0.128. The lowest BCUT2D eigenvalue weighted by Crippen LogP contribution is -2.23. The Morgan fingerprint density at radius 2 is 2.21 bits per heavy atom. The predicted molar refractivity (Wildman–Crippen MR) is 113 cm³/mol. The first-order chi connectivity index (χ1) is 13.7. The van der Waals surface area contributed by atoms with Crippen molar-refractivity contribution in [3.8, 4) is 0 Å². The molecule has 1 N–H and O–H groups in total. The Kier molecular flexibility index (Phi) is 6.65. The van der Waals surface area contributed by atoms with E-state index in [0.29, 0.717) is 31.1 Å². The molecular formula is C18H22ClFN4O3S2. The van der Waals surface area contributed by atoms with Gasteiger partial charge in [0.05, 0.1) is 10.7 Å². The van der Waals surface area contributed by atoms with Crippen molar-refractivity contribution >= 4 is 49.7 Å². The van der Waals surface area contributed by atoms with Crippen LogP contribution in [0.4, 0.5) is 15.2 Å². The summed E-state index contributed by atoms with van der Waals surface area (Å²) in [7, 11) is -0.682. The number of anilines is 2. The summed E-state index contributed by atoms with van der Waals surface area (Å²) >= 11 is 7.41. The lowest BCUT2D eigenvalue weighted by atomic mass is 10.0. The van der Waals surface area contributed by atoms with Gasteiger partial charge < -0.3 is 9.80 Å². The van der Waals surface area contributed by atoms with E-state index in [9.17, 15) is 17.6 Å². The topological polar surface area (TPSA) is 82.6 Å². The summed E-state index contributed by atoms with van der Waals surface area (Å²) in [5.41, 5.74) is 0.457. The van der Waals surface area contributed by atoms with E-state index in [0.717, 1.165) is 36.3 Å². The van der Waals surface area contributed by atoms with Crippen molar-refractivity contribution in [1.82, 2.24) is 9.88 Å². The van der Waals surface area contributed by atoms with Crippen molar-refractivity contribution in [3.05, 3.63) is 34.5 Å². The van der Waals surface area contributed by atoms with E-state index in [4.69, 9.17) is 11.6 Å². The molecule has 1 saturated heterocycles. The summed E-state index contributed by atoms with van der Waals surface area (Å²) < 4.78 is 41.9. The van der Waals surface area contributed by atoms with E-state index >= 15 is 0 Å². The van der Waals surface area contributed by atoms with Crippen molar-refractivity contribution in [2.75, 3.05) is 36.8 Å². The molecule has 1 atom stereocenters. The number of aromatic nitrogens is 1. The maximum Gasteiger partial charge on any atom is 0.266 e. The minimum absolute atomic E-state index is 0.0785. The van der Waals surface area contributed by atoms with Crippen molar-refractivity contribution in [3.63, 3.8) is 0 Å². The number of amides is 1. The zero-order valence-electron chi connectivity index (χ0n) is 16.1. The monoisotopic (exact) mass is 460 g/mol. The molecule has 29 heavy (non-hydrogen) atoms. The number of hydrogen-bond donors (Lipinski definition) is 1. The van der Waals surface area contributed by atoms with Crippen LogP contribution >= 0.6 is 22.9 Å². The molecular weight excluding hydrogens is 439 g/mol. The van der Waals surface area contributed by atoms with Gasteiger partial charge in [-0.2, -0.15) is 0 Å². The van der Waals surface area contributed by atoms with Gasteiger partial charge in [-0.15, -0.1) is 11.3 Å². The van der Waals surface area contributed by atoms with Crippen molar-refractivity contribution in [2.45, 2.75) is 24.2 Å². The van der Waals surface area contributed by atoms with Gasteiger partial charge in [-0.05, 0) is 24.8 Å². The molecule has 0 radical (unpaired) electrons. The highest BCUT2D eigenvalue weighted by molar-refractivity contribution is 7.93. The molecule has 2 aromatic rings. The molecule has 7 nitrogen and oxygen atoms in total. The normalized spacial score (nSPS) is 16.8. The molecule has 1 fully saturated rings. The number of nitrogens with zero attached hydrogens (tertiary/aromatic N) is 3. The third-order valence-corrected chi connectivity index (χ3v) is 7.31. The van der Waals surface area contributed by atoms with E-state index in [1.165, 1.54) is 6.20 Å². The number of rotatable bonds is 7. The molecule has 0 bridgehead atoms. The van der Waals surface area contributed by atoms with Crippen molar-refractivity contribution < 1.29 is 17.6 Å². The summed E-state index contributed by atoms with van der Waals surface area (Å²) in [6, 6.07) is 2.29. The maximum absolute atomic E-state index is 14.7. The van der Waals surface area contributed by atoms with Gasteiger partial charge in [0.2, 0.25) is 5.91 Å². The fourth-order valence-electron chi connectivity index (χ4n) is 3.25. The zero-order valence-corrected chi connectivity index (χ0v) is 18.5. The minimum atomic E-state index is -4.14. The van der Waals surface area contributed by atoms with Gasteiger partial charge in [-0.3, -0.25) is 9.52 Å². The number of thiazole rings is 1. The number of nitrogens with one attached hydrogen (secondary N) is 1. The van der Waals surface area contributed by atoms with Crippen molar-refractivity contribution in [1.29, 1.82) is 0 Å². The van der Waals surface area contributed by atoms with Crippen LogP contribution in [0, 0.1) is 11.7 Å². The summed E-state index contributed by atoms with van der Waals surface area (Å²) in [5, 5.41) is 1.93. The van der Waals surface area contributed by atoms with Crippen molar-refractivity contribution in [2.24, 2.45) is 5.92 Å². The smallest absolute Gasteiger partial charge is 0.266 e. The molecule has 2 heterocycles. The molecule has 1 aliphatic rings. The zero-order chi connectivity index (χ0) is 21.2. The predicted octanol–water partition coefficient (Wildman–Crippen LogP) is 3.43. The maximum atomic E-state index is 14.7. The fraction of sp³-hybridized carbons (Fsp3) is 0.444. The molecule has 0 saturated carbocycles. The highest BCUT2D eigenvalue weighted by Crippen LogP contribution is 2.35. The van der Waals surface area contributed by atoms with Crippen LogP contribution in [0.5, 0.6) is 0 Å². The molecule has 3 rings (SSSR count). The SMILES string of the molecule is CN(C)C(=O)CCC1CCN(c2cc(F)c(S(=O)(=O)Nc3nccs3)cc2Cl)C1. The first-order valence-corrected chi connectivity index (χ1v) is 11.8. The second-order valence-electron chi connectivity index (χ2n) is 7.10. The van der Waals surface area contributed by atoms with Crippen LogP contribution in [0.15, 0.2) is 28.6 Å². The molecule has 0 spiro atoms. The third-order valence-electron chi connectivity index (χ3n) is 4.84. The molecule has 1 unspecified atom stereocenters. The Morgan fingerprint density at radius 3 is 2.86 bits per heavy atom. The second-order valence-corrected chi connectivity index (χ2v) is 10.1. The molecule has 158 valence electrons. The molecule has 0 aliphatic carbocycles. The van der Waals surface area contributed by atoms with Gasteiger partial charge >= 0.3 is 0 Å². The number of hydrogen-bond acceptors (Lipinski definition) is 6. The standard InChI is InChI=1S/C18H22ClFN4O3S2/c1-23(2)17(25)4-3-12-5-7-24(11-12)15-10-14(20)16(9-13(15)19)29(26,27)22-18-21-6-8-28-18/h6,8-10,12H,3-5,7,11H2,1-2H3,(H,21,22). The van der Waals surface area contributed by atoms with E-state index < -0.39 is 20.7 Å². The molecule has 1 aromatic heterocycles. The van der Waals surface area contributed by atoms with Crippen LogP contribution < -0.4 is 9.62 Å². The summed E-state index contributed by atoms with van der Waals surface area (Å²) in [6.07, 6.45) is 3.53. The van der Waals surface area contributed by atoms with Crippen LogP contribution in [0.2, 0.25) is 5.02 Å². The Morgan fingerprint density at radius 1 is 1.45 bits per heavy atom. The highest BCUT2D eigenvalue weighted by atomic mass is 35.5. The highest BCUT2D eigenvalue weighted by Gasteiger charge is 2.28. The third kappa shape index (κ3) is 5.18. The molecule has 11 heteroatoms. The van der Waals surface area contributed by atoms with Gasteiger partial charge in [0.25, 0.3) is 10.0 Å². The van der Waals surface area contributed by atoms with Gasteiger partial charge in [0.15, 0.2) is 5.13 Å². The van der Waals surface area contributed by atoms with E-state index in [-0.39, 0.29) is 16.1 Å². The number of benzene rings is 1. The number of carbonyl (C=O) groups is 1. The molecule has 1 aromatic carbocycles. The first-order valence-electron chi connectivity index (χ1n) is 9.04. The number of carbonyl (C=O) groups excluding carboxylic acids is 1. The van der Waals surface area contributed by atoms with Crippen LogP contribution in [-0.2, 0) is 14.8 Å². The minimum Gasteiger partial charge on any atom is -0.370 e. The van der Waals surface area contributed by atoms with E-state index in [1.807, 2.05) is 4.90 Å². The van der Waals surface area contributed by atoms with Crippen LogP contribution in [-0.4, -0.2) is 51.4 Å². The second kappa shape index (κ2) is 8.85. The molecule has 1 amide bonds. The summed E-state index contributed by atoms with van der Waals surface area (Å²) in [4.78, 5) is 18.6. The number of halogens is 2. The Bertz CT molecular complexity index is 983. The summed E-state index contributed by atoms with van der Waals surface area (Å²) in [6.45, 7) is 1.31. The fourth-order valence-corrected chi connectivity index (χ4v) is 5.47. The van der Waals surface area contributed by atoms with E-state index in [1.54, 1.807) is 24.4 Å². The van der Waals surface area contributed by atoms with Crippen LogP contribution in [0.1, 0.15) is 19.3 Å². The lowest BCUT2D eigenvalue weighted by Gasteiger charge is -2.21. The van der Waals surface area contributed by atoms with Crippen LogP contribution in [0.3, 0.4) is 0 Å². The van der Waals surface area contributed by atoms with Gasteiger partial charge in [-0.25, -0.2) is 17.8 Å². The van der Waals surface area contributed by atoms with Gasteiger partial charge in [-0.1, -0.05) is 11.6 Å². The Hall–Kier alpha value is -1.91. The average molecular weight is 461 g/mol. The molecule has 1 aliphatic heterocycles. The summed E-state index contributed by atoms with van der Waals surface area (Å²) in [5.74, 6) is -0.498. The average Bonchev–Trinajstić information content (AvgIpc) is 3.32. The van der Waals surface area contributed by atoms with Gasteiger partial charge in [0.1, 0.15) is 10.7 Å². The quantitative estimate of drug-likeness (QED) is 0.684. The van der Waals surface area contributed by atoms with Crippen LogP contribution in [0.25, 0.3) is 0 Å². The Labute approximate surface area is 178 Å². The van der Waals surface area contributed by atoms with Gasteiger partial charge in [0, 0.05) is 51.2 Å². The van der Waals surface area contributed by atoms with E-state index in [2.05, 4.69) is 9.71 Å². The Balaban J connectivity index is 1.72. The first kappa shape index (κ1) is 21.8.